The minimum Gasteiger partial charge on any atom is -0.444 e. The van der Waals surface area contributed by atoms with Crippen LogP contribution in [-0.2, 0) is 4.74 Å². The van der Waals surface area contributed by atoms with E-state index in [2.05, 4.69) is 10.3 Å². The van der Waals surface area contributed by atoms with Crippen molar-refractivity contribution in [3.05, 3.63) is 29.0 Å². The summed E-state index contributed by atoms with van der Waals surface area (Å²) < 4.78 is 5.08. The van der Waals surface area contributed by atoms with Crippen LogP contribution in [0.25, 0.3) is 0 Å². The van der Waals surface area contributed by atoms with E-state index >= 15 is 0 Å². The van der Waals surface area contributed by atoms with Crippen LogP contribution in [0.4, 0.5) is 4.79 Å². The molecule has 0 fully saturated rings. The lowest BCUT2D eigenvalue weighted by molar-refractivity contribution is 0.0525. The third-order valence-electron chi connectivity index (χ3n) is 2.30. The number of nitrogens with zero attached hydrogens (tertiary/aromatic N) is 1. The molecule has 0 aromatic carbocycles. The fourth-order valence-electron chi connectivity index (χ4n) is 1.44. The SMILES string of the molecule is CC(C)(C)OC(=O)NCCCC(=O)c1ccc(Cl)nc1. The molecule has 0 radical (unpaired) electrons. The second-order valence-electron chi connectivity index (χ2n) is 5.32. The summed E-state index contributed by atoms with van der Waals surface area (Å²) in [6.07, 6.45) is 1.85. The van der Waals surface area contributed by atoms with Gasteiger partial charge in [-0.05, 0) is 39.3 Å². The Morgan fingerprint density at radius 2 is 2.05 bits per heavy atom. The van der Waals surface area contributed by atoms with Crippen molar-refractivity contribution in [3.8, 4) is 0 Å². The fraction of sp³-hybridized carbons (Fsp3) is 0.500. The number of carbonyl (C=O) groups is 2. The number of rotatable bonds is 5. The molecule has 0 aliphatic heterocycles. The smallest absolute Gasteiger partial charge is 0.407 e. The monoisotopic (exact) mass is 298 g/mol. The van der Waals surface area contributed by atoms with Gasteiger partial charge in [-0.25, -0.2) is 9.78 Å². The summed E-state index contributed by atoms with van der Waals surface area (Å²) in [6.45, 7) is 5.78. The molecule has 0 aliphatic carbocycles. The Bertz CT molecular complexity index is 466. The maximum Gasteiger partial charge on any atom is 0.407 e. The average molecular weight is 299 g/mol. The molecule has 0 spiro atoms. The lowest BCUT2D eigenvalue weighted by atomic mass is 10.1. The number of amides is 1. The topological polar surface area (TPSA) is 68.3 Å². The summed E-state index contributed by atoms with van der Waals surface area (Å²) >= 11 is 5.65. The number of alkyl carbamates (subject to hydrolysis) is 1. The highest BCUT2D eigenvalue weighted by Gasteiger charge is 2.15. The van der Waals surface area contributed by atoms with Crippen molar-refractivity contribution in [1.29, 1.82) is 0 Å². The van der Waals surface area contributed by atoms with E-state index in [4.69, 9.17) is 16.3 Å². The molecular weight excluding hydrogens is 280 g/mol. The van der Waals surface area contributed by atoms with Gasteiger partial charge in [-0.1, -0.05) is 11.6 Å². The van der Waals surface area contributed by atoms with Crippen molar-refractivity contribution < 1.29 is 14.3 Å². The Morgan fingerprint density at radius 3 is 2.60 bits per heavy atom. The standard InChI is InChI=1S/C14H19ClN2O3/c1-14(2,3)20-13(19)16-8-4-5-11(18)10-6-7-12(15)17-9-10/h6-7,9H,4-5,8H2,1-3H3,(H,16,19). The quantitative estimate of drug-likeness (QED) is 0.515. The number of ketones is 1. The average Bonchev–Trinajstić information content (AvgIpc) is 2.33. The van der Waals surface area contributed by atoms with Crippen molar-refractivity contribution in [2.75, 3.05) is 6.54 Å². The van der Waals surface area contributed by atoms with Crippen LogP contribution in [0.5, 0.6) is 0 Å². The molecule has 1 N–H and O–H groups in total. The van der Waals surface area contributed by atoms with Crippen molar-refractivity contribution in [1.82, 2.24) is 10.3 Å². The molecule has 20 heavy (non-hydrogen) atoms. The van der Waals surface area contributed by atoms with E-state index < -0.39 is 11.7 Å². The summed E-state index contributed by atoms with van der Waals surface area (Å²) in [6, 6.07) is 3.21. The van der Waals surface area contributed by atoms with Crippen molar-refractivity contribution in [3.63, 3.8) is 0 Å². The molecule has 0 unspecified atom stereocenters. The number of carbonyl (C=O) groups excluding carboxylic acids is 2. The molecule has 6 heteroatoms. The maximum atomic E-state index is 11.8. The molecule has 0 saturated heterocycles. The van der Waals surface area contributed by atoms with E-state index in [1.165, 1.54) is 6.20 Å². The summed E-state index contributed by atoms with van der Waals surface area (Å²) in [5.74, 6) is -0.0276. The van der Waals surface area contributed by atoms with Crippen LogP contribution in [0.2, 0.25) is 5.15 Å². The van der Waals surface area contributed by atoms with Gasteiger partial charge >= 0.3 is 6.09 Å². The zero-order chi connectivity index (χ0) is 15.2. The zero-order valence-corrected chi connectivity index (χ0v) is 12.7. The summed E-state index contributed by atoms with van der Waals surface area (Å²) in [5.41, 5.74) is 0.00109. The van der Waals surface area contributed by atoms with Gasteiger partial charge in [0.2, 0.25) is 0 Å². The lowest BCUT2D eigenvalue weighted by Gasteiger charge is -2.19. The van der Waals surface area contributed by atoms with E-state index in [1.807, 2.05) is 0 Å². The minimum absolute atomic E-state index is 0.0276. The Morgan fingerprint density at radius 1 is 1.35 bits per heavy atom. The normalized spacial score (nSPS) is 11.0. The summed E-state index contributed by atoms with van der Waals surface area (Å²) in [5, 5.41) is 2.96. The third kappa shape index (κ3) is 6.52. The first kappa shape index (κ1) is 16.4. The van der Waals surface area contributed by atoms with E-state index in [9.17, 15) is 9.59 Å². The van der Waals surface area contributed by atoms with Crippen LogP contribution < -0.4 is 5.32 Å². The first-order valence-corrected chi connectivity index (χ1v) is 6.77. The van der Waals surface area contributed by atoms with Crippen LogP contribution >= 0.6 is 11.6 Å². The van der Waals surface area contributed by atoms with Crippen LogP contribution in [-0.4, -0.2) is 29.0 Å². The first-order valence-electron chi connectivity index (χ1n) is 6.39. The van der Waals surface area contributed by atoms with Gasteiger partial charge in [0.05, 0.1) is 0 Å². The maximum absolute atomic E-state index is 11.8. The number of hydrogen-bond donors (Lipinski definition) is 1. The number of pyridine rings is 1. The molecule has 5 nitrogen and oxygen atoms in total. The summed E-state index contributed by atoms with van der Waals surface area (Å²) in [7, 11) is 0. The number of nitrogens with one attached hydrogen (secondary N) is 1. The Hall–Kier alpha value is -1.62. The molecule has 1 amide bonds. The number of hydrogen-bond acceptors (Lipinski definition) is 4. The Balaban J connectivity index is 2.26. The number of Topliss-reactive ketones (excluding diaryl/α,β-unsaturated/α-hetero) is 1. The minimum atomic E-state index is -0.519. The van der Waals surface area contributed by atoms with E-state index in [0.29, 0.717) is 30.1 Å². The predicted octanol–water partition coefficient (Wildman–Crippen LogP) is 3.22. The van der Waals surface area contributed by atoms with Gasteiger partial charge in [0, 0.05) is 24.7 Å². The highest BCUT2D eigenvalue weighted by Crippen LogP contribution is 2.09. The molecular formula is C14H19ClN2O3. The molecule has 1 aromatic rings. The van der Waals surface area contributed by atoms with E-state index in [-0.39, 0.29) is 5.78 Å². The van der Waals surface area contributed by atoms with Crippen LogP contribution in [0.3, 0.4) is 0 Å². The van der Waals surface area contributed by atoms with Gasteiger partial charge in [0.25, 0.3) is 0 Å². The van der Waals surface area contributed by atoms with Crippen LogP contribution in [0, 0.1) is 0 Å². The van der Waals surface area contributed by atoms with Gasteiger partial charge in [-0.15, -0.1) is 0 Å². The van der Waals surface area contributed by atoms with Crippen molar-refractivity contribution in [2.24, 2.45) is 0 Å². The molecule has 110 valence electrons. The largest absolute Gasteiger partial charge is 0.444 e. The van der Waals surface area contributed by atoms with Gasteiger partial charge in [0.15, 0.2) is 5.78 Å². The number of halogens is 1. The predicted molar refractivity (Wildman–Crippen MR) is 77.0 cm³/mol. The van der Waals surface area contributed by atoms with E-state index in [1.54, 1.807) is 32.9 Å². The zero-order valence-electron chi connectivity index (χ0n) is 11.9. The van der Waals surface area contributed by atoms with Crippen LogP contribution in [0.15, 0.2) is 18.3 Å². The van der Waals surface area contributed by atoms with E-state index in [0.717, 1.165) is 0 Å². The fourth-order valence-corrected chi connectivity index (χ4v) is 1.55. The van der Waals surface area contributed by atoms with Gasteiger partial charge in [0.1, 0.15) is 10.8 Å². The molecule has 0 bridgehead atoms. The number of ether oxygens (including phenoxy) is 1. The van der Waals surface area contributed by atoms with Crippen molar-refractivity contribution >= 4 is 23.5 Å². The molecule has 1 aromatic heterocycles. The first-order chi connectivity index (χ1) is 9.28. The third-order valence-corrected chi connectivity index (χ3v) is 2.52. The second kappa shape index (κ2) is 7.24. The van der Waals surface area contributed by atoms with Gasteiger partial charge < -0.3 is 10.1 Å². The lowest BCUT2D eigenvalue weighted by Crippen LogP contribution is -2.33. The van der Waals surface area contributed by atoms with Crippen LogP contribution in [0.1, 0.15) is 44.0 Å². The molecule has 0 saturated carbocycles. The molecule has 0 aliphatic rings. The highest BCUT2D eigenvalue weighted by atomic mass is 35.5. The Kier molecular flexibility index (Phi) is 5.95. The molecule has 1 rings (SSSR count). The van der Waals surface area contributed by atoms with Crippen molar-refractivity contribution in [2.45, 2.75) is 39.2 Å². The van der Waals surface area contributed by atoms with Gasteiger partial charge in [-0.2, -0.15) is 0 Å². The van der Waals surface area contributed by atoms with Gasteiger partial charge in [-0.3, -0.25) is 4.79 Å². The Labute approximate surface area is 123 Å². The molecule has 1 heterocycles. The highest BCUT2D eigenvalue weighted by molar-refractivity contribution is 6.29. The molecule has 0 atom stereocenters. The second-order valence-corrected chi connectivity index (χ2v) is 5.71. The number of aromatic nitrogens is 1. The summed E-state index contributed by atoms with van der Waals surface area (Å²) in [4.78, 5) is 27.0.